The summed E-state index contributed by atoms with van der Waals surface area (Å²) < 4.78 is 0. The molecule has 1 saturated carbocycles. The van der Waals surface area contributed by atoms with Crippen LogP contribution in [-0.2, 0) is 0 Å². The summed E-state index contributed by atoms with van der Waals surface area (Å²) in [5.74, 6) is 3.54. The lowest BCUT2D eigenvalue weighted by atomic mass is 10.1. The Morgan fingerprint density at radius 1 is 1.33 bits per heavy atom. The van der Waals surface area contributed by atoms with E-state index in [4.69, 9.17) is 0 Å². The normalized spacial score (nSPS) is 16.4. The fraction of sp³-hybridized carbons (Fsp3) is 0.714. The highest BCUT2D eigenvalue weighted by Crippen LogP contribution is 2.35. The molecule has 0 aromatic carbocycles. The molecule has 18 heavy (non-hydrogen) atoms. The first-order valence-electron chi connectivity index (χ1n) is 6.87. The van der Waals surface area contributed by atoms with E-state index in [9.17, 15) is 0 Å². The summed E-state index contributed by atoms with van der Waals surface area (Å²) in [6.07, 6.45) is 7.29. The van der Waals surface area contributed by atoms with Crippen LogP contribution in [0.2, 0.25) is 0 Å². The Morgan fingerprint density at radius 2 is 2.06 bits per heavy atom. The first-order valence-corrected chi connectivity index (χ1v) is 7.86. The van der Waals surface area contributed by atoms with Crippen LogP contribution in [0.15, 0.2) is 11.4 Å². The molecule has 0 saturated heterocycles. The van der Waals surface area contributed by atoms with E-state index in [1.807, 2.05) is 18.8 Å². The number of nitrogens with zero attached hydrogens (tertiary/aromatic N) is 2. The highest BCUT2D eigenvalue weighted by atomic mass is 32.2. The summed E-state index contributed by atoms with van der Waals surface area (Å²) in [6, 6.07) is 0. The van der Waals surface area contributed by atoms with E-state index in [1.165, 1.54) is 37.0 Å². The molecule has 4 heteroatoms. The molecule has 3 nitrogen and oxygen atoms in total. The van der Waals surface area contributed by atoms with Crippen LogP contribution in [0.5, 0.6) is 0 Å². The maximum absolute atomic E-state index is 4.48. The van der Waals surface area contributed by atoms with E-state index in [1.54, 1.807) is 6.33 Å². The first-order chi connectivity index (χ1) is 8.72. The second-order valence-electron chi connectivity index (χ2n) is 5.31. The zero-order chi connectivity index (χ0) is 13.0. The first kappa shape index (κ1) is 13.7. The molecule has 2 rings (SSSR count). The lowest BCUT2D eigenvalue weighted by molar-refractivity contribution is 0.622. The molecule has 0 atom stereocenters. The molecule has 0 radical (unpaired) electrons. The average Bonchev–Trinajstić information content (AvgIpc) is 2.88. The Kier molecular flexibility index (Phi) is 4.87. The summed E-state index contributed by atoms with van der Waals surface area (Å²) >= 11 is 1.91. The van der Waals surface area contributed by atoms with Crippen LogP contribution in [0.3, 0.4) is 0 Å². The summed E-state index contributed by atoms with van der Waals surface area (Å²) in [5.41, 5.74) is 1.27. The van der Waals surface area contributed by atoms with Gasteiger partial charge in [0.05, 0.1) is 0 Å². The monoisotopic (exact) mass is 265 g/mol. The summed E-state index contributed by atoms with van der Waals surface area (Å²) in [5, 5.41) is 4.34. The van der Waals surface area contributed by atoms with E-state index in [0.29, 0.717) is 5.92 Å². The van der Waals surface area contributed by atoms with Crippen molar-refractivity contribution in [2.45, 2.75) is 50.5 Å². The minimum Gasteiger partial charge on any atom is -0.373 e. The molecule has 0 bridgehead atoms. The highest BCUT2D eigenvalue weighted by Gasteiger charge is 2.18. The number of nitrogens with one attached hydrogen (secondary N) is 1. The minimum atomic E-state index is 0.458. The van der Waals surface area contributed by atoms with Crippen LogP contribution in [0, 0.1) is 5.92 Å². The Labute approximate surface area is 114 Å². The van der Waals surface area contributed by atoms with Gasteiger partial charge in [-0.05, 0) is 24.7 Å². The van der Waals surface area contributed by atoms with Gasteiger partial charge in [-0.25, -0.2) is 9.97 Å². The van der Waals surface area contributed by atoms with Crippen molar-refractivity contribution in [1.82, 2.24) is 9.97 Å². The lowest BCUT2D eigenvalue weighted by Crippen LogP contribution is -2.05. The van der Waals surface area contributed by atoms with Crippen molar-refractivity contribution in [3.05, 3.63) is 11.9 Å². The molecule has 1 aromatic rings. The Hall–Kier alpha value is -0.770. The molecule has 0 spiro atoms. The van der Waals surface area contributed by atoms with Crippen LogP contribution in [0.25, 0.3) is 0 Å². The molecule has 1 fully saturated rings. The van der Waals surface area contributed by atoms with Gasteiger partial charge in [0, 0.05) is 18.4 Å². The smallest absolute Gasteiger partial charge is 0.133 e. The number of hydrogen-bond donors (Lipinski definition) is 1. The number of anilines is 1. The molecule has 0 aliphatic heterocycles. The molecule has 1 N–H and O–H groups in total. The molecule has 1 aliphatic carbocycles. The van der Waals surface area contributed by atoms with Crippen molar-refractivity contribution in [3.8, 4) is 0 Å². The van der Waals surface area contributed by atoms with Gasteiger partial charge in [0.25, 0.3) is 0 Å². The van der Waals surface area contributed by atoms with Gasteiger partial charge in [0.15, 0.2) is 0 Å². The van der Waals surface area contributed by atoms with Crippen molar-refractivity contribution in [3.63, 3.8) is 0 Å². The fourth-order valence-electron chi connectivity index (χ4n) is 2.59. The lowest BCUT2D eigenvalue weighted by Gasteiger charge is -2.16. The van der Waals surface area contributed by atoms with Gasteiger partial charge < -0.3 is 5.32 Å². The molecular weight excluding hydrogens is 242 g/mol. The predicted octanol–water partition coefficient (Wildman–Crippen LogP) is 3.92. The van der Waals surface area contributed by atoms with Gasteiger partial charge in [-0.1, -0.05) is 26.7 Å². The Balaban J connectivity index is 2.10. The van der Waals surface area contributed by atoms with Crippen LogP contribution < -0.4 is 5.32 Å². The van der Waals surface area contributed by atoms with Crippen molar-refractivity contribution in [2.75, 3.05) is 18.1 Å². The second-order valence-corrected chi connectivity index (χ2v) is 6.32. The van der Waals surface area contributed by atoms with Crippen molar-refractivity contribution >= 4 is 17.6 Å². The predicted molar refractivity (Wildman–Crippen MR) is 78.3 cm³/mol. The zero-order valence-electron chi connectivity index (χ0n) is 11.6. The van der Waals surface area contributed by atoms with Crippen LogP contribution in [0.4, 0.5) is 5.82 Å². The molecule has 1 aliphatic rings. The van der Waals surface area contributed by atoms with E-state index in [0.717, 1.165) is 16.8 Å². The highest BCUT2D eigenvalue weighted by molar-refractivity contribution is 7.99. The molecule has 0 amide bonds. The second kappa shape index (κ2) is 6.41. The van der Waals surface area contributed by atoms with E-state index < -0.39 is 0 Å². The maximum Gasteiger partial charge on any atom is 0.133 e. The Morgan fingerprint density at radius 3 is 2.67 bits per heavy atom. The molecule has 1 aromatic heterocycles. The van der Waals surface area contributed by atoms with Gasteiger partial charge in [-0.15, -0.1) is 11.8 Å². The van der Waals surface area contributed by atoms with E-state index in [2.05, 4.69) is 29.1 Å². The van der Waals surface area contributed by atoms with Gasteiger partial charge in [-0.2, -0.15) is 0 Å². The van der Waals surface area contributed by atoms with Crippen molar-refractivity contribution < 1.29 is 0 Å². The summed E-state index contributed by atoms with van der Waals surface area (Å²) in [4.78, 5) is 8.80. The minimum absolute atomic E-state index is 0.458. The van der Waals surface area contributed by atoms with Gasteiger partial charge in [-0.3, -0.25) is 0 Å². The average molecular weight is 265 g/mol. The number of thioether (sulfide) groups is 1. The quantitative estimate of drug-likeness (QED) is 0.647. The SMILES string of the molecule is CNc1ncnc(SCC2CCCC2)c1C(C)C. The van der Waals surface area contributed by atoms with Crippen LogP contribution in [-0.4, -0.2) is 22.8 Å². The third-order valence-electron chi connectivity index (χ3n) is 3.59. The van der Waals surface area contributed by atoms with Crippen LogP contribution >= 0.6 is 11.8 Å². The summed E-state index contributed by atoms with van der Waals surface area (Å²) in [6.45, 7) is 4.42. The molecular formula is C14H23N3S. The van der Waals surface area contributed by atoms with E-state index >= 15 is 0 Å². The number of aromatic nitrogens is 2. The molecule has 100 valence electrons. The van der Waals surface area contributed by atoms with Crippen molar-refractivity contribution in [2.24, 2.45) is 5.92 Å². The van der Waals surface area contributed by atoms with Gasteiger partial charge in [0.1, 0.15) is 17.2 Å². The van der Waals surface area contributed by atoms with Crippen LogP contribution in [0.1, 0.15) is 51.0 Å². The van der Waals surface area contributed by atoms with E-state index in [-0.39, 0.29) is 0 Å². The number of rotatable bonds is 5. The van der Waals surface area contributed by atoms with Gasteiger partial charge >= 0.3 is 0 Å². The topological polar surface area (TPSA) is 37.8 Å². The molecule has 1 heterocycles. The number of hydrogen-bond acceptors (Lipinski definition) is 4. The van der Waals surface area contributed by atoms with Gasteiger partial charge in [0.2, 0.25) is 0 Å². The zero-order valence-corrected chi connectivity index (χ0v) is 12.4. The third-order valence-corrected chi connectivity index (χ3v) is 4.83. The Bertz CT molecular complexity index is 387. The fourth-order valence-corrected chi connectivity index (χ4v) is 3.92. The largest absolute Gasteiger partial charge is 0.373 e. The van der Waals surface area contributed by atoms with Crippen molar-refractivity contribution in [1.29, 1.82) is 0 Å². The summed E-state index contributed by atoms with van der Waals surface area (Å²) in [7, 11) is 1.93. The standard InChI is InChI=1S/C14H23N3S/c1-10(2)12-13(15-3)16-9-17-14(12)18-8-11-6-4-5-7-11/h9-11H,4-8H2,1-3H3,(H,15,16,17). The molecule has 0 unspecified atom stereocenters. The maximum atomic E-state index is 4.48. The third kappa shape index (κ3) is 3.16.